The Morgan fingerprint density at radius 2 is 1.83 bits per heavy atom. The third kappa shape index (κ3) is 12.8. The Morgan fingerprint density at radius 1 is 1.26 bits per heavy atom. The Kier molecular flexibility index (Phi) is 8.54. The van der Waals surface area contributed by atoms with Gasteiger partial charge in [0.1, 0.15) is 0 Å². The second kappa shape index (κ2) is 9.07. The molecule has 0 fully saturated rings. The summed E-state index contributed by atoms with van der Waals surface area (Å²) in [6.07, 6.45) is 0.162. The van der Waals surface area contributed by atoms with Crippen molar-refractivity contribution in [2.45, 2.75) is 34.1 Å². The number of rotatable bonds is 11. The van der Waals surface area contributed by atoms with Gasteiger partial charge in [-0.1, -0.05) is 32.8 Å². The lowest BCUT2D eigenvalue weighted by molar-refractivity contribution is -0.124. The lowest BCUT2D eigenvalue weighted by atomic mass is 9.89. The maximum atomic E-state index is 11.7. The molecule has 0 atom stereocenters. The van der Waals surface area contributed by atoms with Crippen LogP contribution in [0.15, 0.2) is 5.11 Å². The first kappa shape index (κ1) is 21.6. The number of azide groups is 1. The Labute approximate surface area is 137 Å². The minimum Gasteiger partial charge on any atom is -0.380 e. The van der Waals surface area contributed by atoms with Crippen LogP contribution in [-0.4, -0.2) is 50.9 Å². The van der Waals surface area contributed by atoms with Crippen molar-refractivity contribution >= 4 is 16.0 Å². The monoisotopic (exact) mass is 350 g/mol. The summed E-state index contributed by atoms with van der Waals surface area (Å²) < 4.78 is 35.3. The first-order chi connectivity index (χ1) is 10.4. The van der Waals surface area contributed by atoms with Gasteiger partial charge in [-0.05, 0) is 16.4 Å². The summed E-state index contributed by atoms with van der Waals surface area (Å²) in [6.45, 7) is 8.45. The van der Waals surface area contributed by atoms with Crippen LogP contribution in [0.3, 0.4) is 0 Å². The highest BCUT2D eigenvalue weighted by Gasteiger charge is 2.24. The summed E-state index contributed by atoms with van der Waals surface area (Å²) in [4.78, 5) is 14.5. The van der Waals surface area contributed by atoms with E-state index in [4.69, 9.17) is 14.8 Å². The summed E-state index contributed by atoms with van der Waals surface area (Å²) in [5, 5.41) is 5.97. The quantitative estimate of drug-likeness (QED) is 0.253. The van der Waals surface area contributed by atoms with Crippen molar-refractivity contribution in [1.82, 2.24) is 5.32 Å². The van der Waals surface area contributed by atoms with Gasteiger partial charge in [0.15, 0.2) is 0 Å². The van der Waals surface area contributed by atoms with Crippen molar-refractivity contribution < 1.29 is 22.5 Å². The van der Waals surface area contributed by atoms with Crippen molar-refractivity contribution in [2.24, 2.45) is 15.9 Å². The van der Waals surface area contributed by atoms with Crippen molar-refractivity contribution in [1.29, 1.82) is 0 Å². The number of hydrogen-bond donors (Lipinski definition) is 2. The lowest BCUT2D eigenvalue weighted by Crippen LogP contribution is -2.34. The van der Waals surface area contributed by atoms with Gasteiger partial charge < -0.3 is 10.1 Å². The van der Waals surface area contributed by atoms with Crippen LogP contribution in [0.5, 0.6) is 0 Å². The van der Waals surface area contributed by atoms with Crippen molar-refractivity contribution in [2.75, 3.05) is 32.1 Å². The molecule has 0 rings (SSSR count). The first-order valence-corrected chi connectivity index (χ1v) is 8.78. The average molecular weight is 350 g/mol. The molecular weight excluding hydrogens is 324 g/mol. The molecule has 0 saturated heterocycles. The van der Waals surface area contributed by atoms with E-state index in [1.807, 2.05) is 27.7 Å². The summed E-state index contributed by atoms with van der Waals surface area (Å²) in [5.41, 5.74) is 7.60. The number of ether oxygens (including phenoxy) is 1. The number of amides is 1. The maximum Gasteiger partial charge on any atom is 0.266 e. The van der Waals surface area contributed by atoms with E-state index in [0.717, 1.165) is 0 Å². The van der Waals surface area contributed by atoms with Crippen LogP contribution in [0.4, 0.5) is 0 Å². The van der Waals surface area contributed by atoms with E-state index in [9.17, 15) is 13.2 Å². The molecule has 10 heteroatoms. The molecule has 9 nitrogen and oxygen atoms in total. The van der Waals surface area contributed by atoms with Crippen LogP contribution >= 0.6 is 0 Å². The minimum atomic E-state index is -4.08. The van der Waals surface area contributed by atoms with Gasteiger partial charge in [0.25, 0.3) is 10.1 Å². The van der Waals surface area contributed by atoms with E-state index in [-0.39, 0.29) is 24.3 Å². The smallest absolute Gasteiger partial charge is 0.266 e. The van der Waals surface area contributed by atoms with Crippen molar-refractivity contribution in [3.63, 3.8) is 0 Å². The fraction of sp³-hybridized carbons (Fsp3) is 0.923. The number of carbonyl (C=O) groups excluding carboxylic acids is 1. The highest BCUT2D eigenvalue weighted by Crippen LogP contribution is 2.23. The number of nitrogens with zero attached hydrogens (tertiary/aromatic N) is 3. The molecule has 1 amide bonds. The first-order valence-electron chi connectivity index (χ1n) is 7.17. The predicted octanol–water partition coefficient (Wildman–Crippen LogP) is 1.76. The van der Waals surface area contributed by atoms with Gasteiger partial charge >= 0.3 is 0 Å². The van der Waals surface area contributed by atoms with Crippen LogP contribution in [0, 0.1) is 10.8 Å². The van der Waals surface area contributed by atoms with Crippen LogP contribution in [0.1, 0.15) is 34.1 Å². The SMILES string of the molecule is CC(C)(CN=[N+]=[N-])COCC(C)(C)CC(=O)NCCS(=O)(=O)O. The molecule has 0 aliphatic rings. The Bertz CT molecular complexity index is 539. The largest absolute Gasteiger partial charge is 0.380 e. The van der Waals surface area contributed by atoms with Crippen LogP contribution in [-0.2, 0) is 19.6 Å². The summed E-state index contributed by atoms with van der Waals surface area (Å²) in [6, 6.07) is 0. The minimum absolute atomic E-state index is 0.131. The van der Waals surface area contributed by atoms with Crippen LogP contribution in [0.25, 0.3) is 10.4 Å². The highest BCUT2D eigenvalue weighted by atomic mass is 32.2. The Balaban J connectivity index is 4.17. The predicted molar refractivity (Wildman–Crippen MR) is 86.4 cm³/mol. The van der Waals surface area contributed by atoms with Gasteiger partial charge in [-0.3, -0.25) is 9.35 Å². The topological polar surface area (TPSA) is 141 Å². The van der Waals surface area contributed by atoms with E-state index in [2.05, 4.69) is 15.3 Å². The molecule has 0 aliphatic heterocycles. The Hall–Kier alpha value is -1.35. The van der Waals surface area contributed by atoms with Crippen molar-refractivity contribution in [3.05, 3.63) is 10.4 Å². The molecule has 0 radical (unpaired) electrons. The van der Waals surface area contributed by atoms with E-state index < -0.39 is 21.3 Å². The zero-order chi connectivity index (χ0) is 18.1. The zero-order valence-electron chi connectivity index (χ0n) is 14.1. The zero-order valence-corrected chi connectivity index (χ0v) is 14.9. The second-order valence-electron chi connectivity index (χ2n) is 7.02. The molecule has 0 bridgehead atoms. The normalized spacial score (nSPS) is 12.6. The fourth-order valence-corrected chi connectivity index (χ4v) is 2.10. The van der Waals surface area contributed by atoms with Gasteiger partial charge in [0.2, 0.25) is 5.91 Å². The van der Waals surface area contributed by atoms with Crippen molar-refractivity contribution in [3.8, 4) is 0 Å². The molecule has 0 spiro atoms. The van der Waals surface area contributed by atoms with Gasteiger partial charge in [0.05, 0.1) is 19.0 Å². The molecule has 0 aromatic heterocycles. The molecule has 0 aromatic rings. The van der Waals surface area contributed by atoms with Crippen LogP contribution < -0.4 is 5.32 Å². The van der Waals surface area contributed by atoms with E-state index in [1.54, 1.807) is 0 Å². The van der Waals surface area contributed by atoms with E-state index >= 15 is 0 Å². The third-order valence-electron chi connectivity index (χ3n) is 2.87. The summed E-state index contributed by atoms with van der Waals surface area (Å²) in [7, 11) is -4.08. The second-order valence-corrected chi connectivity index (χ2v) is 8.60. The lowest BCUT2D eigenvalue weighted by Gasteiger charge is -2.27. The van der Waals surface area contributed by atoms with E-state index in [0.29, 0.717) is 19.8 Å². The number of hydrogen-bond acceptors (Lipinski definition) is 5. The summed E-state index contributed by atoms with van der Waals surface area (Å²) >= 11 is 0. The highest BCUT2D eigenvalue weighted by molar-refractivity contribution is 7.85. The molecule has 0 unspecified atom stereocenters. The third-order valence-corrected chi connectivity index (χ3v) is 3.59. The molecule has 2 N–H and O–H groups in total. The molecular formula is C13H26N4O5S. The number of nitrogens with one attached hydrogen (secondary N) is 1. The molecule has 134 valence electrons. The molecule has 0 saturated carbocycles. The molecule has 0 aromatic carbocycles. The standard InChI is InChI=1S/C13H26N4O5S/c1-12(2,7-11(18)15-5-6-23(19,20)21)9-22-10-13(3,4)8-16-17-14/h5-10H2,1-4H3,(H,15,18)(H,19,20,21). The van der Waals surface area contributed by atoms with Gasteiger partial charge in [0, 0.05) is 24.4 Å². The average Bonchev–Trinajstić information content (AvgIpc) is 2.33. The van der Waals surface area contributed by atoms with Crippen LogP contribution in [0.2, 0.25) is 0 Å². The van der Waals surface area contributed by atoms with Gasteiger partial charge in [-0.2, -0.15) is 8.42 Å². The molecule has 23 heavy (non-hydrogen) atoms. The Morgan fingerprint density at radius 3 is 2.35 bits per heavy atom. The maximum absolute atomic E-state index is 11.7. The molecule has 0 heterocycles. The molecule has 0 aliphatic carbocycles. The summed E-state index contributed by atoms with van der Waals surface area (Å²) in [5.74, 6) is -0.820. The fourth-order valence-electron chi connectivity index (χ4n) is 1.74. The van der Waals surface area contributed by atoms with E-state index in [1.165, 1.54) is 0 Å². The van der Waals surface area contributed by atoms with Gasteiger partial charge in [-0.25, -0.2) is 0 Å². The van der Waals surface area contributed by atoms with Gasteiger partial charge in [-0.15, -0.1) is 0 Å². The number of carbonyl (C=O) groups is 1.